The summed E-state index contributed by atoms with van der Waals surface area (Å²) in [6, 6.07) is 9.66. The zero-order chi connectivity index (χ0) is 17.4. The van der Waals surface area contributed by atoms with Crippen molar-refractivity contribution in [3.05, 3.63) is 46.5 Å². The van der Waals surface area contributed by atoms with Crippen LogP contribution in [0.2, 0.25) is 0 Å². The number of nitrogens with zero attached hydrogens (tertiary/aromatic N) is 2. The van der Waals surface area contributed by atoms with Gasteiger partial charge in [0.15, 0.2) is 0 Å². The van der Waals surface area contributed by atoms with Gasteiger partial charge in [0.05, 0.1) is 12.2 Å². The number of nitrogens with one attached hydrogen (secondary N) is 2. The van der Waals surface area contributed by atoms with Crippen LogP contribution in [0.5, 0.6) is 0 Å². The first-order chi connectivity index (χ1) is 11.6. The fourth-order valence-corrected chi connectivity index (χ4v) is 3.07. The lowest BCUT2D eigenvalue weighted by atomic mass is 10.2. The SMILES string of the molecule is CCN(CC)CCNC(=O)c1ccc(NCc2cc(C)ns2)cc1. The Morgan fingerprint density at radius 2 is 1.92 bits per heavy atom. The van der Waals surface area contributed by atoms with E-state index in [0.717, 1.165) is 37.6 Å². The number of amides is 1. The number of carbonyl (C=O) groups is 1. The summed E-state index contributed by atoms with van der Waals surface area (Å²) in [5, 5.41) is 6.32. The molecule has 2 N–H and O–H groups in total. The van der Waals surface area contributed by atoms with Gasteiger partial charge < -0.3 is 15.5 Å². The van der Waals surface area contributed by atoms with Crippen molar-refractivity contribution >= 4 is 23.1 Å². The molecular formula is C18H26N4OS. The van der Waals surface area contributed by atoms with Gasteiger partial charge in [-0.15, -0.1) is 0 Å². The van der Waals surface area contributed by atoms with Gasteiger partial charge in [0.25, 0.3) is 5.91 Å². The molecule has 0 radical (unpaired) electrons. The lowest BCUT2D eigenvalue weighted by molar-refractivity contribution is 0.0949. The van der Waals surface area contributed by atoms with Gasteiger partial charge in [-0.05, 0) is 61.9 Å². The Labute approximate surface area is 148 Å². The molecule has 1 amide bonds. The van der Waals surface area contributed by atoms with Crippen molar-refractivity contribution in [1.29, 1.82) is 0 Å². The molecule has 2 rings (SSSR count). The molecule has 0 saturated heterocycles. The van der Waals surface area contributed by atoms with Crippen LogP contribution in [0.4, 0.5) is 5.69 Å². The highest BCUT2D eigenvalue weighted by atomic mass is 32.1. The van der Waals surface area contributed by atoms with Crippen LogP contribution in [0.25, 0.3) is 0 Å². The molecule has 0 aliphatic carbocycles. The van der Waals surface area contributed by atoms with Crippen LogP contribution >= 0.6 is 11.5 Å². The highest BCUT2D eigenvalue weighted by Gasteiger charge is 2.06. The fraction of sp³-hybridized carbons (Fsp3) is 0.444. The van der Waals surface area contributed by atoms with Crippen LogP contribution in [0.1, 0.15) is 34.8 Å². The summed E-state index contributed by atoms with van der Waals surface area (Å²) in [5.74, 6) is -0.0215. The van der Waals surface area contributed by atoms with Crippen molar-refractivity contribution in [2.45, 2.75) is 27.3 Å². The van der Waals surface area contributed by atoms with E-state index in [2.05, 4.69) is 39.8 Å². The van der Waals surface area contributed by atoms with Gasteiger partial charge in [-0.2, -0.15) is 4.37 Å². The maximum absolute atomic E-state index is 12.1. The van der Waals surface area contributed by atoms with E-state index in [1.807, 2.05) is 31.2 Å². The average molecular weight is 347 g/mol. The van der Waals surface area contributed by atoms with Crippen molar-refractivity contribution in [3.8, 4) is 0 Å². The summed E-state index contributed by atoms with van der Waals surface area (Å²) in [4.78, 5) is 15.6. The third-order valence-corrected chi connectivity index (χ3v) is 4.77. The first-order valence-corrected chi connectivity index (χ1v) is 9.16. The predicted molar refractivity (Wildman–Crippen MR) is 101 cm³/mol. The van der Waals surface area contributed by atoms with E-state index in [0.29, 0.717) is 12.1 Å². The van der Waals surface area contributed by atoms with Crippen molar-refractivity contribution in [2.24, 2.45) is 0 Å². The number of benzene rings is 1. The van der Waals surface area contributed by atoms with Gasteiger partial charge >= 0.3 is 0 Å². The highest BCUT2D eigenvalue weighted by molar-refractivity contribution is 7.05. The quantitative estimate of drug-likeness (QED) is 0.732. The average Bonchev–Trinajstić information content (AvgIpc) is 3.02. The van der Waals surface area contributed by atoms with E-state index < -0.39 is 0 Å². The minimum atomic E-state index is -0.0215. The summed E-state index contributed by atoms with van der Waals surface area (Å²) in [5.41, 5.74) is 2.74. The molecule has 0 atom stereocenters. The van der Waals surface area contributed by atoms with Crippen LogP contribution in [0.15, 0.2) is 30.3 Å². The second-order valence-corrected chi connectivity index (χ2v) is 6.54. The third-order valence-electron chi connectivity index (χ3n) is 3.90. The monoisotopic (exact) mass is 346 g/mol. The zero-order valence-corrected chi connectivity index (χ0v) is 15.4. The number of aryl methyl sites for hydroxylation is 1. The second-order valence-electron chi connectivity index (χ2n) is 5.65. The summed E-state index contributed by atoms with van der Waals surface area (Å²) in [6.45, 7) is 10.6. The van der Waals surface area contributed by atoms with Gasteiger partial charge in [-0.3, -0.25) is 4.79 Å². The molecule has 1 aromatic heterocycles. The molecule has 24 heavy (non-hydrogen) atoms. The minimum absolute atomic E-state index is 0.0215. The molecule has 0 aliphatic heterocycles. The molecular weight excluding hydrogens is 320 g/mol. The van der Waals surface area contributed by atoms with E-state index in [9.17, 15) is 4.79 Å². The zero-order valence-electron chi connectivity index (χ0n) is 14.6. The number of likely N-dealkylation sites (N-methyl/N-ethyl adjacent to an activating group) is 1. The van der Waals surface area contributed by atoms with Crippen LogP contribution < -0.4 is 10.6 Å². The topological polar surface area (TPSA) is 57.3 Å². The summed E-state index contributed by atoms with van der Waals surface area (Å²) < 4.78 is 4.26. The number of hydrogen-bond acceptors (Lipinski definition) is 5. The van der Waals surface area contributed by atoms with E-state index in [-0.39, 0.29) is 5.91 Å². The largest absolute Gasteiger partial charge is 0.380 e. The normalized spacial score (nSPS) is 10.8. The van der Waals surface area contributed by atoms with Crippen LogP contribution in [-0.2, 0) is 6.54 Å². The Balaban J connectivity index is 1.79. The molecule has 0 saturated carbocycles. The number of carbonyl (C=O) groups excluding carboxylic acids is 1. The van der Waals surface area contributed by atoms with Crippen LogP contribution in [0, 0.1) is 6.92 Å². The van der Waals surface area contributed by atoms with Gasteiger partial charge in [-0.25, -0.2) is 0 Å². The number of rotatable bonds is 9. The summed E-state index contributed by atoms with van der Waals surface area (Å²) in [7, 11) is 0. The first-order valence-electron chi connectivity index (χ1n) is 8.39. The number of anilines is 1. The molecule has 6 heteroatoms. The number of hydrogen-bond donors (Lipinski definition) is 2. The van der Waals surface area contributed by atoms with E-state index in [1.54, 1.807) is 0 Å². The Kier molecular flexibility index (Phi) is 7.21. The maximum atomic E-state index is 12.1. The molecule has 0 aliphatic rings. The van der Waals surface area contributed by atoms with Crippen molar-refractivity contribution in [1.82, 2.24) is 14.6 Å². The minimum Gasteiger partial charge on any atom is -0.380 e. The smallest absolute Gasteiger partial charge is 0.251 e. The Morgan fingerprint density at radius 1 is 1.21 bits per heavy atom. The Morgan fingerprint density at radius 3 is 2.50 bits per heavy atom. The van der Waals surface area contributed by atoms with Gasteiger partial charge in [-0.1, -0.05) is 13.8 Å². The molecule has 0 spiro atoms. The van der Waals surface area contributed by atoms with Crippen molar-refractivity contribution in [2.75, 3.05) is 31.5 Å². The predicted octanol–water partition coefficient (Wildman–Crippen LogP) is 3.14. The molecule has 5 nitrogen and oxygen atoms in total. The Hall–Kier alpha value is -1.92. The van der Waals surface area contributed by atoms with E-state index in [1.165, 1.54) is 16.4 Å². The fourth-order valence-electron chi connectivity index (χ4n) is 2.40. The standard InChI is InChI=1S/C18H26N4OS/c1-4-22(5-2)11-10-19-18(23)15-6-8-16(9-7-15)20-13-17-12-14(3)21-24-17/h6-9,12,20H,4-5,10-11,13H2,1-3H3,(H,19,23). The van der Waals surface area contributed by atoms with Gasteiger partial charge in [0, 0.05) is 29.2 Å². The van der Waals surface area contributed by atoms with Gasteiger partial charge in [0.2, 0.25) is 0 Å². The molecule has 130 valence electrons. The molecule has 0 bridgehead atoms. The van der Waals surface area contributed by atoms with Crippen LogP contribution in [-0.4, -0.2) is 41.4 Å². The van der Waals surface area contributed by atoms with Gasteiger partial charge in [0.1, 0.15) is 0 Å². The van der Waals surface area contributed by atoms with Crippen LogP contribution in [0.3, 0.4) is 0 Å². The van der Waals surface area contributed by atoms with E-state index >= 15 is 0 Å². The summed E-state index contributed by atoms with van der Waals surface area (Å²) in [6.07, 6.45) is 0. The maximum Gasteiger partial charge on any atom is 0.251 e. The van der Waals surface area contributed by atoms with Crippen molar-refractivity contribution in [3.63, 3.8) is 0 Å². The third kappa shape index (κ3) is 5.62. The molecule has 0 fully saturated rings. The molecule has 1 aromatic carbocycles. The Bertz CT molecular complexity index is 635. The molecule has 0 unspecified atom stereocenters. The molecule has 1 heterocycles. The first kappa shape index (κ1) is 18.4. The van der Waals surface area contributed by atoms with E-state index in [4.69, 9.17) is 0 Å². The molecule has 2 aromatic rings. The lowest BCUT2D eigenvalue weighted by Gasteiger charge is -2.18. The number of aromatic nitrogens is 1. The van der Waals surface area contributed by atoms with Crippen molar-refractivity contribution < 1.29 is 4.79 Å². The second kappa shape index (κ2) is 9.39. The highest BCUT2D eigenvalue weighted by Crippen LogP contribution is 2.14. The summed E-state index contributed by atoms with van der Waals surface area (Å²) >= 11 is 1.51. The lowest BCUT2D eigenvalue weighted by Crippen LogP contribution is -2.34.